The van der Waals surface area contributed by atoms with Crippen LogP contribution in [0.25, 0.3) is 11.1 Å². The van der Waals surface area contributed by atoms with E-state index in [1.807, 2.05) is 6.92 Å². The van der Waals surface area contributed by atoms with Gasteiger partial charge in [0.25, 0.3) is 0 Å². The Morgan fingerprint density at radius 2 is 1.77 bits per heavy atom. The number of alkyl halides is 3. The molecule has 0 aliphatic carbocycles. The fourth-order valence-electron chi connectivity index (χ4n) is 3.82. The summed E-state index contributed by atoms with van der Waals surface area (Å²) in [4.78, 5) is 12.8. The van der Waals surface area contributed by atoms with E-state index in [4.69, 9.17) is 0 Å². The SMILES string of the molecule is CCCCC1(C)NC(C(F)(F)F)=C(O)N1Cc1ccc(-c2ccccc2C(=O)O)cc1. The molecule has 2 aromatic carbocycles. The minimum atomic E-state index is -4.68. The van der Waals surface area contributed by atoms with Crippen molar-refractivity contribution in [2.24, 2.45) is 0 Å². The third-order valence-electron chi connectivity index (χ3n) is 5.53. The number of halogens is 3. The normalized spacial score (nSPS) is 18.9. The van der Waals surface area contributed by atoms with Gasteiger partial charge in [0.05, 0.1) is 5.56 Å². The molecular weight excluding hydrogens is 409 g/mol. The van der Waals surface area contributed by atoms with Gasteiger partial charge in [-0.05, 0) is 42.5 Å². The molecule has 1 aliphatic rings. The first-order valence-corrected chi connectivity index (χ1v) is 10.0. The van der Waals surface area contributed by atoms with Gasteiger partial charge in [0.2, 0.25) is 5.88 Å². The van der Waals surface area contributed by atoms with Gasteiger partial charge in [0.1, 0.15) is 5.66 Å². The highest BCUT2D eigenvalue weighted by molar-refractivity contribution is 5.95. The number of carbonyl (C=O) groups is 1. The van der Waals surface area contributed by atoms with Crippen molar-refractivity contribution in [3.05, 3.63) is 71.2 Å². The van der Waals surface area contributed by atoms with Crippen LogP contribution in [0.2, 0.25) is 0 Å². The van der Waals surface area contributed by atoms with Crippen molar-refractivity contribution in [2.45, 2.75) is 51.5 Å². The Hall–Kier alpha value is -3.16. The Morgan fingerprint density at radius 3 is 2.35 bits per heavy atom. The van der Waals surface area contributed by atoms with E-state index in [9.17, 15) is 28.2 Å². The van der Waals surface area contributed by atoms with Crippen molar-refractivity contribution >= 4 is 5.97 Å². The Morgan fingerprint density at radius 1 is 1.13 bits per heavy atom. The number of rotatable bonds is 7. The van der Waals surface area contributed by atoms with E-state index in [0.717, 1.165) is 6.42 Å². The number of nitrogens with one attached hydrogen (secondary N) is 1. The molecule has 31 heavy (non-hydrogen) atoms. The predicted octanol–water partition coefficient (Wildman–Crippen LogP) is 5.65. The maximum Gasteiger partial charge on any atom is 0.436 e. The smallest absolute Gasteiger partial charge is 0.436 e. The summed E-state index contributed by atoms with van der Waals surface area (Å²) in [5, 5.41) is 22.2. The molecule has 0 aromatic heterocycles. The summed E-state index contributed by atoms with van der Waals surface area (Å²) in [7, 11) is 0. The lowest BCUT2D eigenvalue weighted by Crippen LogP contribution is -2.50. The molecule has 0 spiro atoms. The average Bonchev–Trinajstić information content (AvgIpc) is 2.98. The van der Waals surface area contributed by atoms with Crippen LogP contribution in [0.4, 0.5) is 13.2 Å². The van der Waals surface area contributed by atoms with Gasteiger partial charge in [0, 0.05) is 6.54 Å². The van der Waals surface area contributed by atoms with Crippen molar-refractivity contribution in [3.63, 3.8) is 0 Å². The van der Waals surface area contributed by atoms with Crippen LogP contribution in [-0.4, -0.2) is 32.9 Å². The molecule has 2 aromatic rings. The standard InChI is InChI=1S/C23H25F3N2O3/c1-3-4-13-22(2)27-19(23(24,25)26)20(29)28(22)14-15-9-11-16(12-10-15)17-7-5-6-8-18(17)21(30)31/h5-12,27,29H,3-4,13-14H2,1-2H3,(H,30,31). The van der Waals surface area contributed by atoms with Crippen molar-refractivity contribution < 1.29 is 28.2 Å². The van der Waals surface area contributed by atoms with Gasteiger partial charge >= 0.3 is 12.1 Å². The van der Waals surface area contributed by atoms with E-state index >= 15 is 0 Å². The molecule has 3 rings (SSSR count). The van der Waals surface area contributed by atoms with Gasteiger partial charge in [-0.3, -0.25) is 0 Å². The maximum atomic E-state index is 13.4. The summed E-state index contributed by atoms with van der Waals surface area (Å²) in [6.07, 6.45) is -2.75. The minimum Gasteiger partial charge on any atom is -0.493 e. The van der Waals surface area contributed by atoms with Gasteiger partial charge in [-0.25, -0.2) is 4.79 Å². The Balaban J connectivity index is 1.89. The van der Waals surface area contributed by atoms with E-state index < -0.39 is 29.4 Å². The predicted molar refractivity (Wildman–Crippen MR) is 111 cm³/mol. The van der Waals surface area contributed by atoms with E-state index in [-0.39, 0.29) is 12.1 Å². The van der Waals surface area contributed by atoms with Crippen LogP contribution in [0.15, 0.2) is 60.1 Å². The Bertz CT molecular complexity index is 986. The van der Waals surface area contributed by atoms with Gasteiger partial charge in [-0.2, -0.15) is 13.2 Å². The highest BCUT2D eigenvalue weighted by atomic mass is 19.4. The van der Waals surface area contributed by atoms with Gasteiger partial charge in [0.15, 0.2) is 5.70 Å². The molecule has 0 saturated heterocycles. The quantitative estimate of drug-likeness (QED) is 0.525. The van der Waals surface area contributed by atoms with Crippen LogP contribution in [0.1, 0.15) is 49.0 Å². The number of carboxylic acids is 1. The molecule has 0 bridgehead atoms. The molecule has 1 unspecified atom stereocenters. The summed E-state index contributed by atoms with van der Waals surface area (Å²) in [6.45, 7) is 3.67. The number of carboxylic acid groups (broad SMARTS) is 1. The van der Waals surface area contributed by atoms with Gasteiger partial charge < -0.3 is 20.4 Å². The molecule has 5 nitrogen and oxygen atoms in total. The second-order valence-electron chi connectivity index (χ2n) is 7.83. The molecule has 0 amide bonds. The maximum absolute atomic E-state index is 13.4. The lowest BCUT2D eigenvalue weighted by molar-refractivity contribution is -0.0994. The summed E-state index contributed by atoms with van der Waals surface area (Å²) in [6, 6.07) is 13.5. The third-order valence-corrected chi connectivity index (χ3v) is 5.53. The number of aromatic carboxylic acids is 1. The van der Waals surface area contributed by atoms with Gasteiger partial charge in [-0.1, -0.05) is 55.8 Å². The zero-order chi connectivity index (χ0) is 22.8. The van der Waals surface area contributed by atoms with Crippen molar-refractivity contribution in [1.29, 1.82) is 0 Å². The number of aliphatic hydroxyl groups excluding tert-OH is 1. The highest BCUT2D eigenvalue weighted by Gasteiger charge is 2.50. The number of hydrogen-bond acceptors (Lipinski definition) is 4. The summed E-state index contributed by atoms with van der Waals surface area (Å²) in [5.41, 5.74) is -0.0970. The third kappa shape index (κ3) is 4.62. The molecule has 1 heterocycles. The van der Waals surface area contributed by atoms with Crippen LogP contribution in [-0.2, 0) is 6.54 Å². The van der Waals surface area contributed by atoms with E-state index in [1.165, 1.54) is 11.0 Å². The molecular formula is C23H25F3N2O3. The van der Waals surface area contributed by atoms with Crippen molar-refractivity contribution in [1.82, 2.24) is 10.2 Å². The monoisotopic (exact) mass is 434 g/mol. The fourth-order valence-corrected chi connectivity index (χ4v) is 3.82. The average molecular weight is 434 g/mol. The Kier molecular flexibility index (Phi) is 6.20. The number of nitrogens with zero attached hydrogens (tertiary/aromatic N) is 1. The van der Waals surface area contributed by atoms with Crippen molar-refractivity contribution in [2.75, 3.05) is 0 Å². The molecule has 1 aliphatic heterocycles. The number of benzene rings is 2. The number of allylic oxidation sites excluding steroid dienone is 1. The van der Waals surface area contributed by atoms with Crippen LogP contribution >= 0.6 is 0 Å². The molecule has 0 saturated carbocycles. The molecule has 1 atom stereocenters. The summed E-state index contributed by atoms with van der Waals surface area (Å²) < 4.78 is 40.1. The van der Waals surface area contributed by atoms with Crippen molar-refractivity contribution in [3.8, 4) is 11.1 Å². The first kappa shape index (κ1) is 22.5. The molecule has 0 radical (unpaired) electrons. The highest BCUT2D eigenvalue weighted by Crippen LogP contribution is 2.39. The first-order chi connectivity index (χ1) is 14.6. The van der Waals surface area contributed by atoms with Crippen LogP contribution in [0, 0.1) is 0 Å². The second-order valence-corrected chi connectivity index (χ2v) is 7.83. The number of unbranched alkanes of at least 4 members (excludes halogenated alkanes) is 1. The fraction of sp³-hybridized carbons (Fsp3) is 0.348. The first-order valence-electron chi connectivity index (χ1n) is 10.0. The Labute approximate surface area is 178 Å². The largest absolute Gasteiger partial charge is 0.493 e. The summed E-state index contributed by atoms with van der Waals surface area (Å²) >= 11 is 0. The van der Waals surface area contributed by atoms with Crippen LogP contribution in [0.3, 0.4) is 0 Å². The van der Waals surface area contributed by atoms with Crippen LogP contribution < -0.4 is 5.32 Å². The minimum absolute atomic E-state index is 0.0689. The topological polar surface area (TPSA) is 72.8 Å². The summed E-state index contributed by atoms with van der Waals surface area (Å²) in [5.74, 6) is -1.85. The number of hydrogen-bond donors (Lipinski definition) is 3. The molecule has 166 valence electrons. The van der Waals surface area contributed by atoms with Gasteiger partial charge in [-0.15, -0.1) is 0 Å². The zero-order valence-electron chi connectivity index (χ0n) is 17.3. The lowest BCUT2D eigenvalue weighted by atomic mass is 9.98. The lowest BCUT2D eigenvalue weighted by Gasteiger charge is -2.37. The molecule has 8 heteroatoms. The van der Waals surface area contributed by atoms with E-state index in [0.29, 0.717) is 29.5 Å². The molecule has 3 N–H and O–H groups in total. The van der Waals surface area contributed by atoms with E-state index in [2.05, 4.69) is 5.32 Å². The van der Waals surface area contributed by atoms with E-state index in [1.54, 1.807) is 49.4 Å². The molecule has 0 fully saturated rings. The number of aliphatic hydroxyl groups is 1. The zero-order valence-corrected chi connectivity index (χ0v) is 17.3. The van der Waals surface area contributed by atoms with Crippen LogP contribution in [0.5, 0.6) is 0 Å². The second kappa shape index (κ2) is 8.53.